The van der Waals surface area contributed by atoms with Crippen LogP contribution in [0.5, 0.6) is 0 Å². The Labute approximate surface area is 390 Å². The molecule has 0 spiro atoms. The maximum atomic E-state index is 2.60. The summed E-state index contributed by atoms with van der Waals surface area (Å²) in [6.07, 6.45) is 9.21. The lowest BCUT2D eigenvalue weighted by molar-refractivity contribution is 0.658. The topological polar surface area (TPSA) is 8.17 Å². The molecule has 2 nitrogen and oxygen atoms in total. The number of nitrogens with zero attached hydrogens (tertiary/aromatic N) is 2. The zero-order chi connectivity index (χ0) is 44.8. The molecule has 0 N–H and O–H groups in total. The third kappa shape index (κ3) is 7.33. The molecule has 0 saturated heterocycles. The van der Waals surface area contributed by atoms with Crippen molar-refractivity contribution in [1.82, 2.24) is 4.57 Å². The van der Waals surface area contributed by atoms with Gasteiger partial charge in [0.15, 0.2) is 0 Å². The van der Waals surface area contributed by atoms with Crippen LogP contribution in [0, 0.1) is 6.92 Å². The molecule has 0 bridgehead atoms. The molecular formula is C64H54N2. The van der Waals surface area contributed by atoms with Crippen molar-refractivity contribution in [2.24, 2.45) is 0 Å². The van der Waals surface area contributed by atoms with E-state index in [4.69, 9.17) is 0 Å². The van der Waals surface area contributed by atoms with Crippen molar-refractivity contribution < 1.29 is 0 Å². The minimum Gasteiger partial charge on any atom is -0.341 e. The molecular weight excluding hydrogens is 797 g/mol. The number of fused-ring (bicyclic) bond motifs is 5. The fraction of sp³-hybridized carbons (Fsp3) is 0.125. The average Bonchev–Trinajstić information content (AvgIpc) is 3.80. The van der Waals surface area contributed by atoms with Gasteiger partial charge in [-0.1, -0.05) is 179 Å². The molecule has 320 valence electrons. The van der Waals surface area contributed by atoms with E-state index in [0.29, 0.717) is 0 Å². The van der Waals surface area contributed by atoms with E-state index in [1.165, 1.54) is 112 Å². The molecule has 2 heterocycles. The van der Waals surface area contributed by atoms with Crippen molar-refractivity contribution in [3.8, 4) is 50.2 Å². The third-order valence-corrected chi connectivity index (χ3v) is 14.1. The number of para-hydroxylation sites is 2. The Hall–Kier alpha value is -7.68. The SMILES string of the molecule is CC/C(=C\c1c(C)n(-c2ccccc2)c2ccccc12)N1CC=C2/C(=C\Cc3cc(-c4cccc(-c5cc(-c6ccccc6)cc(-c6ccccc6)c5)c4)ccc31)c1ccccc1C2(C)C. The molecule has 0 radical (unpaired) electrons. The summed E-state index contributed by atoms with van der Waals surface area (Å²) in [5.74, 6) is 0. The van der Waals surface area contributed by atoms with Gasteiger partial charge in [0.05, 0.1) is 5.52 Å². The lowest BCUT2D eigenvalue weighted by Crippen LogP contribution is -2.25. The second-order valence-electron chi connectivity index (χ2n) is 18.4. The normalized spacial score (nSPS) is 15.2. The van der Waals surface area contributed by atoms with Crippen LogP contribution in [0.4, 0.5) is 5.69 Å². The van der Waals surface area contributed by atoms with Crippen molar-refractivity contribution in [3.05, 3.63) is 252 Å². The average molecular weight is 851 g/mol. The van der Waals surface area contributed by atoms with Crippen LogP contribution in [0.1, 0.15) is 55.1 Å². The maximum Gasteiger partial charge on any atom is 0.0537 e. The molecule has 2 aliphatic rings. The van der Waals surface area contributed by atoms with Gasteiger partial charge >= 0.3 is 0 Å². The Morgan fingerprint density at radius 2 is 1.11 bits per heavy atom. The molecule has 8 aromatic carbocycles. The van der Waals surface area contributed by atoms with Gasteiger partial charge in [-0.2, -0.15) is 0 Å². The summed E-state index contributed by atoms with van der Waals surface area (Å²) in [4.78, 5) is 2.60. The highest BCUT2D eigenvalue weighted by Gasteiger charge is 2.38. The van der Waals surface area contributed by atoms with Gasteiger partial charge in [0, 0.05) is 45.7 Å². The summed E-state index contributed by atoms with van der Waals surface area (Å²) in [6.45, 7) is 10.1. The van der Waals surface area contributed by atoms with E-state index in [2.05, 4.69) is 256 Å². The number of benzene rings is 8. The summed E-state index contributed by atoms with van der Waals surface area (Å²) < 4.78 is 2.41. The molecule has 0 amide bonds. The molecule has 1 aliphatic heterocycles. The second-order valence-corrected chi connectivity index (χ2v) is 18.4. The van der Waals surface area contributed by atoms with Gasteiger partial charge in [-0.15, -0.1) is 0 Å². The van der Waals surface area contributed by atoms with E-state index in [-0.39, 0.29) is 5.41 Å². The quantitative estimate of drug-likeness (QED) is 0.148. The number of anilines is 1. The first-order chi connectivity index (χ1) is 32.4. The standard InChI is InChI=1S/C64H54N2/c1-5-54(43-59-44(2)66(55-26-13-8-14-27-55)63-31-18-16-29-58(59)63)65-37-36-61-57(56-28-15-17-30-60(56)64(61,3)4)34-32-50-39-49(33-35-62(50)65)47-24-19-25-48(38-47)53-41-51(45-20-9-6-10-21-45)40-52(42-53)46-22-11-7-12-23-46/h6-31,33-36,38-43H,5,32,37H2,1-4H3/b54-43+,57-34-,61-36?. The van der Waals surface area contributed by atoms with Crippen LogP contribution >= 0.6 is 0 Å². The predicted octanol–water partition coefficient (Wildman–Crippen LogP) is 16.7. The summed E-state index contributed by atoms with van der Waals surface area (Å²) in [5.41, 5.74) is 23.9. The molecule has 0 saturated carbocycles. The van der Waals surface area contributed by atoms with Gasteiger partial charge in [0.25, 0.3) is 0 Å². The van der Waals surface area contributed by atoms with Crippen LogP contribution in [-0.4, -0.2) is 11.1 Å². The van der Waals surface area contributed by atoms with Crippen LogP contribution in [0.15, 0.2) is 224 Å². The first-order valence-electron chi connectivity index (χ1n) is 23.5. The van der Waals surface area contributed by atoms with E-state index >= 15 is 0 Å². The van der Waals surface area contributed by atoms with Gasteiger partial charge in [0.2, 0.25) is 0 Å². The first kappa shape index (κ1) is 41.1. The number of hydrogen-bond acceptors (Lipinski definition) is 1. The maximum absolute atomic E-state index is 2.60. The summed E-state index contributed by atoms with van der Waals surface area (Å²) in [7, 11) is 0. The Kier molecular flexibility index (Phi) is 10.6. The number of aromatic nitrogens is 1. The molecule has 1 aromatic heterocycles. The van der Waals surface area contributed by atoms with Crippen molar-refractivity contribution in [1.29, 1.82) is 0 Å². The number of hydrogen-bond donors (Lipinski definition) is 0. The van der Waals surface area contributed by atoms with Crippen LogP contribution in [0.25, 0.3) is 72.7 Å². The molecule has 1 aliphatic carbocycles. The molecule has 66 heavy (non-hydrogen) atoms. The smallest absolute Gasteiger partial charge is 0.0537 e. The Bertz CT molecular complexity index is 3300. The lowest BCUT2D eigenvalue weighted by atomic mass is 9.82. The van der Waals surface area contributed by atoms with Crippen molar-refractivity contribution >= 4 is 28.2 Å². The highest BCUT2D eigenvalue weighted by molar-refractivity contribution is 5.94. The monoisotopic (exact) mass is 850 g/mol. The second kappa shape index (κ2) is 17.0. The van der Waals surface area contributed by atoms with Crippen LogP contribution in [-0.2, 0) is 11.8 Å². The van der Waals surface area contributed by atoms with Crippen molar-refractivity contribution in [2.75, 3.05) is 11.4 Å². The van der Waals surface area contributed by atoms with E-state index in [0.717, 1.165) is 19.4 Å². The molecule has 0 fully saturated rings. The van der Waals surface area contributed by atoms with Crippen LogP contribution < -0.4 is 4.90 Å². The van der Waals surface area contributed by atoms with Gasteiger partial charge in [-0.05, 0) is 153 Å². The van der Waals surface area contributed by atoms with Crippen LogP contribution in [0.3, 0.4) is 0 Å². The molecule has 9 aromatic rings. The molecule has 0 unspecified atom stereocenters. The van der Waals surface area contributed by atoms with Crippen molar-refractivity contribution in [3.63, 3.8) is 0 Å². The fourth-order valence-corrected chi connectivity index (χ4v) is 10.7. The lowest BCUT2D eigenvalue weighted by Gasteiger charge is -2.30. The van der Waals surface area contributed by atoms with E-state index in [1.54, 1.807) is 0 Å². The Morgan fingerprint density at radius 1 is 0.545 bits per heavy atom. The summed E-state index contributed by atoms with van der Waals surface area (Å²) in [5, 5.41) is 1.27. The minimum atomic E-state index is -0.107. The van der Waals surface area contributed by atoms with Crippen LogP contribution in [0.2, 0.25) is 0 Å². The zero-order valence-corrected chi connectivity index (χ0v) is 38.3. The van der Waals surface area contributed by atoms with Crippen molar-refractivity contribution in [2.45, 2.75) is 46.0 Å². The van der Waals surface area contributed by atoms with E-state index in [1.807, 2.05) is 0 Å². The number of allylic oxidation sites excluding steroid dienone is 4. The van der Waals surface area contributed by atoms with E-state index < -0.39 is 0 Å². The highest BCUT2D eigenvalue weighted by atomic mass is 15.1. The zero-order valence-electron chi connectivity index (χ0n) is 38.3. The van der Waals surface area contributed by atoms with Gasteiger partial charge in [-0.3, -0.25) is 0 Å². The van der Waals surface area contributed by atoms with E-state index in [9.17, 15) is 0 Å². The largest absolute Gasteiger partial charge is 0.341 e. The molecule has 2 heteroatoms. The third-order valence-electron chi connectivity index (χ3n) is 14.1. The Balaban J connectivity index is 1.05. The Morgan fingerprint density at radius 3 is 1.80 bits per heavy atom. The highest BCUT2D eigenvalue weighted by Crippen LogP contribution is 2.50. The predicted molar refractivity (Wildman–Crippen MR) is 281 cm³/mol. The van der Waals surface area contributed by atoms with Gasteiger partial charge in [-0.25, -0.2) is 0 Å². The molecule has 0 atom stereocenters. The summed E-state index contributed by atoms with van der Waals surface area (Å²) in [6, 6.07) is 73.5. The van der Waals surface area contributed by atoms with Gasteiger partial charge < -0.3 is 9.47 Å². The minimum absolute atomic E-state index is 0.107. The molecule has 11 rings (SSSR count). The fourth-order valence-electron chi connectivity index (χ4n) is 10.7. The number of rotatable bonds is 8. The first-order valence-corrected chi connectivity index (χ1v) is 23.5. The van der Waals surface area contributed by atoms with Gasteiger partial charge in [0.1, 0.15) is 0 Å². The summed E-state index contributed by atoms with van der Waals surface area (Å²) >= 11 is 0.